The first-order valence-corrected chi connectivity index (χ1v) is 10.6. The minimum Gasteiger partial charge on any atom is -0.365 e. The Hall–Kier alpha value is -3.02. The van der Waals surface area contributed by atoms with Crippen LogP contribution in [0.3, 0.4) is 0 Å². The van der Waals surface area contributed by atoms with E-state index >= 15 is 0 Å². The average molecular weight is 407 g/mol. The molecule has 2 aromatic heterocycles. The number of unbranched alkanes of at least 4 members (excludes halogenated alkanes) is 2. The van der Waals surface area contributed by atoms with E-state index in [2.05, 4.69) is 18.0 Å². The molecule has 156 valence electrons. The van der Waals surface area contributed by atoms with E-state index in [1.54, 1.807) is 12.1 Å². The number of aryl methyl sites for hydroxylation is 1. The number of carbonyl (C=O) groups is 1. The van der Waals surface area contributed by atoms with E-state index in [0.717, 1.165) is 48.6 Å². The van der Waals surface area contributed by atoms with Gasteiger partial charge in [0.2, 0.25) is 0 Å². The van der Waals surface area contributed by atoms with E-state index in [0.29, 0.717) is 23.5 Å². The number of rotatable bonds is 8. The van der Waals surface area contributed by atoms with Gasteiger partial charge in [0.1, 0.15) is 17.0 Å². The number of hydrogen-bond acceptors (Lipinski definition) is 3. The van der Waals surface area contributed by atoms with Gasteiger partial charge in [0.05, 0.1) is 6.54 Å². The molecule has 0 radical (unpaired) electrons. The monoisotopic (exact) mass is 407 g/mol. The SMILES string of the molecule is CCCCCc1c(C(N)=O)c(=O)n(Cc2ccc(F)cc2)c2ncc(C3CC3)cc12. The number of carbonyl (C=O) groups excluding carboxylic acids is 1. The Morgan fingerprint density at radius 1 is 1.23 bits per heavy atom. The molecular formula is C24H26FN3O2. The molecule has 0 aliphatic heterocycles. The standard InChI is InChI=1S/C24H26FN3O2/c1-2-3-4-5-19-20-12-17(16-8-9-16)13-27-23(20)28(24(30)21(19)22(26)29)14-15-6-10-18(25)11-7-15/h6-7,10-13,16H,2-5,8-9,14H2,1H3,(H2,26,29). The summed E-state index contributed by atoms with van der Waals surface area (Å²) in [6, 6.07) is 8.05. The molecule has 0 unspecified atom stereocenters. The quantitative estimate of drug-likeness (QED) is 0.566. The summed E-state index contributed by atoms with van der Waals surface area (Å²) in [5, 5.41) is 0.825. The first kappa shape index (κ1) is 20.3. The van der Waals surface area contributed by atoms with Crippen LogP contribution in [0.4, 0.5) is 4.39 Å². The number of primary amides is 1. The van der Waals surface area contributed by atoms with Gasteiger partial charge in [0, 0.05) is 11.6 Å². The molecule has 1 aliphatic carbocycles. The Kier molecular flexibility index (Phi) is 5.66. The summed E-state index contributed by atoms with van der Waals surface area (Å²) in [6.07, 6.45) is 7.64. The lowest BCUT2D eigenvalue weighted by Crippen LogP contribution is -2.32. The van der Waals surface area contributed by atoms with Gasteiger partial charge < -0.3 is 5.73 Å². The molecule has 30 heavy (non-hydrogen) atoms. The van der Waals surface area contributed by atoms with Crippen LogP contribution in [0.15, 0.2) is 41.3 Å². The van der Waals surface area contributed by atoms with Gasteiger partial charge in [-0.25, -0.2) is 9.37 Å². The summed E-state index contributed by atoms with van der Waals surface area (Å²) in [6.45, 7) is 2.31. The number of amides is 1. The predicted molar refractivity (Wildman–Crippen MR) is 115 cm³/mol. The average Bonchev–Trinajstić information content (AvgIpc) is 3.57. The van der Waals surface area contributed by atoms with E-state index in [-0.39, 0.29) is 17.9 Å². The molecule has 0 atom stereocenters. The third kappa shape index (κ3) is 3.99. The van der Waals surface area contributed by atoms with Crippen LogP contribution in [0.2, 0.25) is 0 Å². The fraction of sp³-hybridized carbons (Fsp3) is 0.375. The van der Waals surface area contributed by atoms with Crippen molar-refractivity contribution in [3.63, 3.8) is 0 Å². The smallest absolute Gasteiger partial charge is 0.265 e. The summed E-state index contributed by atoms with van der Waals surface area (Å²) < 4.78 is 14.8. The first-order chi connectivity index (χ1) is 14.5. The number of fused-ring (bicyclic) bond motifs is 1. The Balaban J connectivity index is 1.92. The maximum absolute atomic E-state index is 13.3. The Bertz CT molecular complexity index is 1150. The highest BCUT2D eigenvalue weighted by molar-refractivity contribution is 5.98. The molecule has 1 saturated carbocycles. The molecule has 0 saturated heterocycles. The van der Waals surface area contributed by atoms with Crippen molar-refractivity contribution < 1.29 is 9.18 Å². The molecule has 6 heteroatoms. The number of nitrogens with two attached hydrogens (primary N) is 1. The number of hydrogen-bond donors (Lipinski definition) is 1. The number of aromatic nitrogens is 2. The molecule has 2 N–H and O–H groups in total. The molecule has 0 bridgehead atoms. The molecule has 1 aliphatic rings. The zero-order valence-electron chi connectivity index (χ0n) is 17.2. The van der Waals surface area contributed by atoms with Gasteiger partial charge in [-0.05, 0) is 66.5 Å². The maximum Gasteiger partial charge on any atom is 0.265 e. The van der Waals surface area contributed by atoms with E-state index in [4.69, 9.17) is 5.73 Å². The van der Waals surface area contributed by atoms with Crippen molar-refractivity contribution in [2.75, 3.05) is 0 Å². The Morgan fingerprint density at radius 3 is 2.60 bits per heavy atom. The zero-order chi connectivity index (χ0) is 21.3. The number of halogens is 1. The molecule has 0 spiro atoms. The van der Waals surface area contributed by atoms with E-state index < -0.39 is 11.5 Å². The van der Waals surface area contributed by atoms with Crippen LogP contribution >= 0.6 is 0 Å². The Labute approximate surface area is 174 Å². The van der Waals surface area contributed by atoms with Crippen LogP contribution in [0.25, 0.3) is 11.0 Å². The lowest BCUT2D eigenvalue weighted by molar-refractivity contribution is 0.0997. The molecule has 1 aromatic carbocycles. The van der Waals surface area contributed by atoms with Crippen molar-refractivity contribution in [1.82, 2.24) is 9.55 Å². The Morgan fingerprint density at radius 2 is 1.97 bits per heavy atom. The fourth-order valence-electron chi connectivity index (χ4n) is 4.03. The topological polar surface area (TPSA) is 78.0 Å². The third-order valence-corrected chi connectivity index (χ3v) is 5.81. The summed E-state index contributed by atoms with van der Waals surface area (Å²) in [5.74, 6) is -0.551. The van der Waals surface area contributed by atoms with Crippen molar-refractivity contribution >= 4 is 16.9 Å². The van der Waals surface area contributed by atoms with Gasteiger partial charge in [-0.15, -0.1) is 0 Å². The van der Waals surface area contributed by atoms with Crippen LogP contribution in [0.1, 0.15) is 72.0 Å². The normalized spacial score (nSPS) is 13.7. The van der Waals surface area contributed by atoms with Crippen LogP contribution in [-0.4, -0.2) is 15.5 Å². The van der Waals surface area contributed by atoms with Gasteiger partial charge in [-0.2, -0.15) is 0 Å². The van der Waals surface area contributed by atoms with Crippen LogP contribution in [0, 0.1) is 5.82 Å². The van der Waals surface area contributed by atoms with Crippen LogP contribution in [0.5, 0.6) is 0 Å². The van der Waals surface area contributed by atoms with E-state index in [1.165, 1.54) is 16.7 Å². The number of pyridine rings is 2. The summed E-state index contributed by atoms with van der Waals surface area (Å²) in [4.78, 5) is 30.3. The summed E-state index contributed by atoms with van der Waals surface area (Å²) in [7, 11) is 0. The highest BCUT2D eigenvalue weighted by atomic mass is 19.1. The van der Waals surface area contributed by atoms with Crippen molar-refractivity contribution in [1.29, 1.82) is 0 Å². The molecule has 2 heterocycles. The van der Waals surface area contributed by atoms with E-state index in [1.807, 2.05) is 6.20 Å². The van der Waals surface area contributed by atoms with Crippen LogP contribution < -0.4 is 11.3 Å². The first-order valence-electron chi connectivity index (χ1n) is 10.6. The second kappa shape index (κ2) is 8.38. The minimum atomic E-state index is -0.710. The highest BCUT2D eigenvalue weighted by Gasteiger charge is 2.26. The zero-order valence-corrected chi connectivity index (χ0v) is 17.2. The highest BCUT2D eigenvalue weighted by Crippen LogP contribution is 2.40. The van der Waals surface area contributed by atoms with Crippen molar-refractivity contribution in [2.45, 2.75) is 57.9 Å². The van der Waals surface area contributed by atoms with Crippen LogP contribution in [-0.2, 0) is 13.0 Å². The van der Waals surface area contributed by atoms with Gasteiger partial charge >= 0.3 is 0 Å². The van der Waals surface area contributed by atoms with Gasteiger partial charge in [0.25, 0.3) is 11.5 Å². The largest absolute Gasteiger partial charge is 0.365 e. The fourth-order valence-corrected chi connectivity index (χ4v) is 4.03. The molecule has 1 amide bonds. The number of benzene rings is 1. The summed E-state index contributed by atoms with van der Waals surface area (Å²) in [5.41, 5.74) is 8.45. The number of nitrogens with zero attached hydrogens (tertiary/aromatic N) is 2. The predicted octanol–water partition coefficient (Wildman–Crippen LogP) is 4.29. The third-order valence-electron chi connectivity index (χ3n) is 5.81. The molecule has 3 aromatic rings. The van der Waals surface area contributed by atoms with Crippen molar-refractivity contribution in [2.24, 2.45) is 5.73 Å². The second-order valence-electron chi connectivity index (χ2n) is 8.11. The van der Waals surface area contributed by atoms with Gasteiger partial charge in [0.15, 0.2) is 0 Å². The lowest BCUT2D eigenvalue weighted by Gasteiger charge is -2.17. The van der Waals surface area contributed by atoms with Gasteiger partial charge in [-0.3, -0.25) is 14.2 Å². The molecule has 1 fully saturated rings. The van der Waals surface area contributed by atoms with E-state index in [9.17, 15) is 14.0 Å². The van der Waals surface area contributed by atoms with Gasteiger partial charge in [-0.1, -0.05) is 31.9 Å². The minimum absolute atomic E-state index is 0.0514. The second-order valence-corrected chi connectivity index (χ2v) is 8.11. The van der Waals surface area contributed by atoms with Crippen molar-refractivity contribution in [3.05, 3.63) is 75.0 Å². The maximum atomic E-state index is 13.3. The molecule has 5 nitrogen and oxygen atoms in total. The molecular weight excluding hydrogens is 381 g/mol. The molecule has 4 rings (SSSR count). The lowest BCUT2D eigenvalue weighted by atomic mass is 9.97. The van der Waals surface area contributed by atoms with Crippen molar-refractivity contribution in [3.8, 4) is 0 Å². The summed E-state index contributed by atoms with van der Waals surface area (Å²) >= 11 is 0.